The van der Waals surface area contributed by atoms with Crippen LogP contribution in [0.15, 0.2) is 0 Å². The third kappa shape index (κ3) is 5.00. The first kappa shape index (κ1) is 14.9. The minimum absolute atomic E-state index is 0.0810. The van der Waals surface area contributed by atoms with Crippen LogP contribution in [0.1, 0.15) is 47.4 Å². The van der Waals surface area contributed by atoms with Gasteiger partial charge in [0, 0.05) is 16.9 Å². The first-order valence-corrected chi connectivity index (χ1v) is 6.65. The zero-order valence-electron chi connectivity index (χ0n) is 11.8. The fourth-order valence-corrected chi connectivity index (χ4v) is 1.88. The van der Waals surface area contributed by atoms with Gasteiger partial charge in [0.15, 0.2) is 0 Å². The molecule has 1 aromatic rings. The number of esters is 1. The molecule has 5 nitrogen and oxygen atoms in total. The molecule has 18 heavy (non-hydrogen) atoms. The van der Waals surface area contributed by atoms with E-state index in [0.29, 0.717) is 5.13 Å². The topological polar surface area (TPSA) is 64.1 Å². The molecule has 0 aliphatic heterocycles. The monoisotopic (exact) mass is 271 g/mol. The number of rotatable bonds is 3. The Bertz CT molecular complexity index is 416. The van der Waals surface area contributed by atoms with Gasteiger partial charge in [0.1, 0.15) is 18.0 Å². The number of nitrogens with zero attached hydrogens (tertiary/aromatic N) is 2. The third-order valence-electron chi connectivity index (χ3n) is 1.90. The van der Waals surface area contributed by atoms with E-state index < -0.39 is 5.60 Å². The number of hydrogen-bond acceptors (Lipinski definition) is 6. The van der Waals surface area contributed by atoms with Crippen molar-refractivity contribution in [2.75, 3.05) is 11.9 Å². The molecule has 0 atom stereocenters. The van der Waals surface area contributed by atoms with E-state index in [1.54, 1.807) is 0 Å². The quantitative estimate of drug-likeness (QED) is 0.856. The third-order valence-corrected chi connectivity index (χ3v) is 2.57. The van der Waals surface area contributed by atoms with Crippen molar-refractivity contribution < 1.29 is 9.53 Å². The van der Waals surface area contributed by atoms with Crippen molar-refractivity contribution in [1.82, 2.24) is 9.36 Å². The standard InChI is InChI=1S/C12H21N3O2S/c1-11(2,3)9-14-10(18-15-9)13-7-8(16)17-12(4,5)6/h7H2,1-6H3,(H,13,14,15). The summed E-state index contributed by atoms with van der Waals surface area (Å²) in [5.74, 6) is 0.481. The van der Waals surface area contributed by atoms with Crippen molar-refractivity contribution in [3.63, 3.8) is 0 Å². The smallest absolute Gasteiger partial charge is 0.325 e. The van der Waals surface area contributed by atoms with Crippen LogP contribution in [0.2, 0.25) is 0 Å². The highest BCUT2D eigenvalue weighted by atomic mass is 32.1. The van der Waals surface area contributed by atoms with Crippen LogP contribution in [0.3, 0.4) is 0 Å². The molecular weight excluding hydrogens is 250 g/mol. The number of aromatic nitrogens is 2. The second-order valence-corrected chi connectivity index (χ2v) is 6.86. The average Bonchev–Trinajstić information content (AvgIpc) is 2.59. The van der Waals surface area contributed by atoms with Crippen LogP contribution in [-0.4, -0.2) is 27.5 Å². The fraction of sp³-hybridized carbons (Fsp3) is 0.750. The Hall–Kier alpha value is -1.17. The zero-order valence-corrected chi connectivity index (χ0v) is 12.6. The molecule has 1 aromatic heterocycles. The van der Waals surface area contributed by atoms with E-state index in [9.17, 15) is 4.79 Å². The summed E-state index contributed by atoms with van der Waals surface area (Å²) in [5.41, 5.74) is -0.543. The Morgan fingerprint density at radius 2 is 1.89 bits per heavy atom. The molecule has 0 aliphatic carbocycles. The average molecular weight is 271 g/mol. The van der Waals surface area contributed by atoms with Crippen molar-refractivity contribution in [2.24, 2.45) is 0 Å². The number of anilines is 1. The molecule has 1 heterocycles. The molecule has 0 amide bonds. The Kier molecular flexibility index (Phi) is 4.32. The van der Waals surface area contributed by atoms with E-state index in [0.717, 1.165) is 5.82 Å². The lowest BCUT2D eigenvalue weighted by Gasteiger charge is -2.19. The van der Waals surface area contributed by atoms with Gasteiger partial charge in [-0.3, -0.25) is 4.79 Å². The second-order valence-electron chi connectivity index (χ2n) is 6.11. The van der Waals surface area contributed by atoms with Crippen molar-refractivity contribution >= 4 is 22.6 Å². The van der Waals surface area contributed by atoms with E-state index in [-0.39, 0.29) is 17.9 Å². The Labute approximate surface area is 112 Å². The lowest BCUT2D eigenvalue weighted by atomic mass is 9.96. The van der Waals surface area contributed by atoms with Gasteiger partial charge in [0.2, 0.25) is 5.13 Å². The molecule has 0 bridgehead atoms. The predicted octanol–water partition coefficient (Wildman–Crippen LogP) is 2.59. The van der Waals surface area contributed by atoms with Crippen molar-refractivity contribution in [1.29, 1.82) is 0 Å². The molecule has 0 saturated carbocycles. The second kappa shape index (κ2) is 5.22. The van der Waals surface area contributed by atoms with E-state index in [4.69, 9.17) is 4.74 Å². The molecule has 0 unspecified atom stereocenters. The first-order valence-electron chi connectivity index (χ1n) is 5.88. The lowest BCUT2D eigenvalue weighted by Crippen LogP contribution is -2.28. The van der Waals surface area contributed by atoms with Crippen LogP contribution >= 0.6 is 11.5 Å². The van der Waals surface area contributed by atoms with Crippen molar-refractivity contribution in [3.05, 3.63) is 5.82 Å². The lowest BCUT2D eigenvalue weighted by molar-refractivity contribution is -0.152. The summed E-state index contributed by atoms with van der Waals surface area (Å²) in [4.78, 5) is 15.8. The molecule has 0 aromatic carbocycles. The first-order chi connectivity index (χ1) is 8.08. The maximum Gasteiger partial charge on any atom is 0.325 e. The van der Waals surface area contributed by atoms with Gasteiger partial charge in [-0.25, -0.2) is 4.98 Å². The molecule has 0 aliphatic rings. The summed E-state index contributed by atoms with van der Waals surface area (Å²) in [6.07, 6.45) is 0. The van der Waals surface area contributed by atoms with Gasteiger partial charge in [-0.05, 0) is 20.8 Å². The van der Waals surface area contributed by atoms with Gasteiger partial charge < -0.3 is 10.1 Å². The summed E-state index contributed by atoms with van der Waals surface area (Å²) in [6, 6.07) is 0. The van der Waals surface area contributed by atoms with E-state index in [1.165, 1.54) is 11.5 Å². The van der Waals surface area contributed by atoms with Gasteiger partial charge in [-0.1, -0.05) is 20.8 Å². The molecule has 102 valence electrons. The largest absolute Gasteiger partial charge is 0.459 e. The summed E-state index contributed by atoms with van der Waals surface area (Å²) in [5, 5.41) is 3.57. The molecule has 0 saturated heterocycles. The SMILES string of the molecule is CC(C)(C)OC(=O)CNc1nc(C(C)(C)C)ns1. The minimum atomic E-state index is -0.462. The summed E-state index contributed by atoms with van der Waals surface area (Å²) in [6.45, 7) is 11.8. The van der Waals surface area contributed by atoms with E-state index >= 15 is 0 Å². The predicted molar refractivity (Wildman–Crippen MR) is 72.9 cm³/mol. The molecule has 6 heteroatoms. The summed E-state index contributed by atoms with van der Waals surface area (Å²) in [7, 11) is 0. The zero-order chi connectivity index (χ0) is 14.0. The molecular formula is C12H21N3O2S. The molecule has 0 spiro atoms. The van der Waals surface area contributed by atoms with E-state index in [2.05, 4.69) is 14.7 Å². The van der Waals surface area contributed by atoms with Crippen LogP contribution < -0.4 is 5.32 Å². The molecule has 0 radical (unpaired) electrons. The highest BCUT2D eigenvalue weighted by molar-refractivity contribution is 7.09. The Balaban J connectivity index is 2.50. The molecule has 0 fully saturated rings. The summed E-state index contributed by atoms with van der Waals surface area (Å²) >= 11 is 1.26. The Morgan fingerprint density at radius 1 is 1.28 bits per heavy atom. The highest BCUT2D eigenvalue weighted by Crippen LogP contribution is 2.22. The number of hydrogen-bond donors (Lipinski definition) is 1. The number of carbonyl (C=O) groups excluding carboxylic acids is 1. The van der Waals surface area contributed by atoms with E-state index in [1.807, 2.05) is 41.5 Å². The maximum absolute atomic E-state index is 11.5. The van der Waals surface area contributed by atoms with Gasteiger partial charge in [0.05, 0.1) is 0 Å². The molecule has 1 N–H and O–H groups in total. The van der Waals surface area contributed by atoms with Gasteiger partial charge in [0.25, 0.3) is 0 Å². The van der Waals surface area contributed by atoms with Gasteiger partial charge >= 0.3 is 5.97 Å². The summed E-state index contributed by atoms with van der Waals surface area (Å²) < 4.78 is 9.44. The van der Waals surface area contributed by atoms with Crippen LogP contribution in [-0.2, 0) is 14.9 Å². The van der Waals surface area contributed by atoms with Crippen molar-refractivity contribution in [2.45, 2.75) is 52.6 Å². The van der Waals surface area contributed by atoms with Crippen LogP contribution in [0.4, 0.5) is 5.13 Å². The minimum Gasteiger partial charge on any atom is -0.459 e. The normalized spacial score (nSPS) is 12.3. The maximum atomic E-state index is 11.5. The number of ether oxygens (including phenoxy) is 1. The van der Waals surface area contributed by atoms with Crippen LogP contribution in [0, 0.1) is 0 Å². The van der Waals surface area contributed by atoms with Crippen LogP contribution in [0.5, 0.6) is 0 Å². The highest BCUT2D eigenvalue weighted by Gasteiger charge is 2.20. The van der Waals surface area contributed by atoms with Gasteiger partial charge in [-0.2, -0.15) is 4.37 Å². The fourth-order valence-electron chi connectivity index (χ4n) is 1.13. The molecule has 1 rings (SSSR count). The van der Waals surface area contributed by atoms with Crippen LogP contribution in [0.25, 0.3) is 0 Å². The van der Waals surface area contributed by atoms with Crippen molar-refractivity contribution in [3.8, 4) is 0 Å². The number of carbonyl (C=O) groups is 1. The number of nitrogens with one attached hydrogen (secondary N) is 1. The Morgan fingerprint density at radius 3 is 2.33 bits per heavy atom. The van der Waals surface area contributed by atoms with Gasteiger partial charge in [-0.15, -0.1) is 0 Å².